The molecule has 2 aromatic rings. The lowest BCUT2D eigenvalue weighted by Gasteiger charge is -1.96. The number of ether oxygens (including phenoxy) is 1. The molecule has 0 aliphatic rings. The second-order valence-corrected chi connectivity index (χ2v) is 4.08. The molecule has 0 fully saturated rings. The average molecular weight is 253 g/mol. The molecule has 0 bridgehead atoms. The lowest BCUT2D eigenvalue weighted by atomic mass is 10.3. The van der Waals surface area contributed by atoms with Gasteiger partial charge in [-0.1, -0.05) is 11.3 Å². The zero-order chi connectivity index (χ0) is 12.4. The highest BCUT2D eigenvalue weighted by Crippen LogP contribution is 2.29. The molecule has 0 radical (unpaired) electrons. The van der Waals surface area contributed by atoms with Gasteiger partial charge >= 0.3 is 6.09 Å². The number of hydrogen-bond acceptors (Lipinski definition) is 6. The summed E-state index contributed by atoms with van der Waals surface area (Å²) >= 11 is 1.15. The molecule has 7 nitrogen and oxygen atoms in total. The highest BCUT2D eigenvalue weighted by molar-refractivity contribution is 7.22. The number of aromatic nitrogens is 1. The van der Waals surface area contributed by atoms with Crippen LogP contribution in [0.4, 0.5) is 15.6 Å². The quantitative estimate of drug-likeness (QED) is 0.655. The van der Waals surface area contributed by atoms with Crippen LogP contribution in [0.25, 0.3) is 10.2 Å². The van der Waals surface area contributed by atoms with Gasteiger partial charge in [0.05, 0.1) is 22.2 Å². The molecule has 8 heteroatoms. The van der Waals surface area contributed by atoms with Gasteiger partial charge in [-0.05, 0) is 6.07 Å². The first-order valence-corrected chi connectivity index (χ1v) is 5.32. The number of nitrogens with zero attached hydrogens (tertiary/aromatic N) is 2. The molecule has 17 heavy (non-hydrogen) atoms. The van der Waals surface area contributed by atoms with Crippen molar-refractivity contribution in [1.82, 2.24) is 4.98 Å². The fourth-order valence-corrected chi connectivity index (χ4v) is 2.10. The summed E-state index contributed by atoms with van der Waals surface area (Å²) in [6.45, 7) is 0. The van der Waals surface area contributed by atoms with E-state index in [2.05, 4.69) is 15.0 Å². The Morgan fingerprint density at radius 3 is 3.00 bits per heavy atom. The average Bonchev–Trinajstić information content (AvgIpc) is 2.69. The van der Waals surface area contributed by atoms with Gasteiger partial charge in [0.15, 0.2) is 5.13 Å². The Bertz CT molecular complexity index is 595. The molecule has 0 saturated heterocycles. The number of non-ortho nitro benzene ring substituents is 1. The van der Waals surface area contributed by atoms with Gasteiger partial charge in [-0.25, -0.2) is 9.78 Å². The third-order valence-electron chi connectivity index (χ3n) is 1.98. The molecule has 0 unspecified atom stereocenters. The number of nitro groups is 1. The molecule has 2 rings (SSSR count). The molecule has 1 N–H and O–H groups in total. The first-order valence-electron chi connectivity index (χ1n) is 4.50. The van der Waals surface area contributed by atoms with Crippen molar-refractivity contribution in [3.05, 3.63) is 28.3 Å². The van der Waals surface area contributed by atoms with Gasteiger partial charge in [-0.15, -0.1) is 0 Å². The van der Waals surface area contributed by atoms with Crippen molar-refractivity contribution in [1.29, 1.82) is 0 Å². The Labute approximate surface area is 99.2 Å². The Kier molecular flexibility index (Phi) is 2.88. The predicted octanol–water partition coefficient (Wildman–Crippen LogP) is 2.38. The molecule has 1 heterocycles. The molecule has 1 aromatic carbocycles. The van der Waals surface area contributed by atoms with Gasteiger partial charge in [0.1, 0.15) is 0 Å². The normalized spacial score (nSPS) is 10.2. The number of thiazole rings is 1. The minimum absolute atomic E-state index is 0.00855. The number of hydrogen-bond donors (Lipinski definition) is 1. The van der Waals surface area contributed by atoms with Crippen LogP contribution in [0, 0.1) is 10.1 Å². The van der Waals surface area contributed by atoms with Gasteiger partial charge in [0.2, 0.25) is 0 Å². The third-order valence-corrected chi connectivity index (χ3v) is 2.91. The minimum Gasteiger partial charge on any atom is -0.453 e. The van der Waals surface area contributed by atoms with E-state index in [-0.39, 0.29) is 5.69 Å². The summed E-state index contributed by atoms with van der Waals surface area (Å²) in [6, 6.07) is 4.31. The van der Waals surface area contributed by atoms with Crippen molar-refractivity contribution in [3.8, 4) is 0 Å². The first-order chi connectivity index (χ1) is 8.10. The van der Waals surface area contributed by atoms with E-state index in [0.29, 0.717) is 15.3 Å². The van der Waals surface area contributed by atoms with Crippen LogP contribution < -0.4 is 5.32 Å². The number of nitrogens with one attached hydrogen (secondary N) is 1. The van der Waals surface area contributed by atoms with Gasteiger partial charge in [-0.2, -0.15) is 0 Å². The van der Waals surface area contributed by atoms with Crippen LogP contribution >= 0.6 is 11.3 Å². The molecule has 0 saturated carbocycles. The summed E-state index contributed by atoms with van der Waals surface area (Å²) < 4.78 is 5.05. The van der Waals surface area contributed by atoms with Crippen LogP contribution in [0.3, 0.4) is 0 Å². The number of nitro benzene ring substituents is 1. The number of fused-ring (bicyclic) bond motifs is 1. The molecule has 0 aliphatic carbocycles. The molecule has 0 atom stereocenters. The zero-order valence-corrected chi connectivity index (χ0v) is 9.48. The maximum absolute atomic E-state index is 11.0. The zero-order valence-electron chi connectivity index (χ0n) is 8.67. The Balaban J connectivity index is 2.37. The van der Waals surface area contributed by atoms with Crippen molar-refractivity contribution in [2.45, 2.75) is 0 Å². The molecule has 0 aliphatic heterocycles. The van der Waals surface area contributed by atoms with E-state index in [1.54, 1.807) is 0 Å². The highest BCUT2D eigenvalue weighted by Gasteiger charge is 2.11. The van der Waals surface area contributed by atoms with Crippen LogP contribution in [0.2, 0.25) is 0 Å². The Hall–Kier alpha value is -2.22. The predicted molar refractivity (Wildman–Crippen MR) is 62.3 cm³/mol. The summed E-state index contributed by atoms with van der Waals surface area (Å²) in [4.78, 5) is 25.1. The number of anilines is 1. The fourth-order valence-electron chi connectivity index (χ4n) is 1.22. The van der Waals surface area contributed by atoms with E-state index in [1.165, 1.54) is 25.3 Å². The monoisotopic (exact) mass is 253 g/mol. The Morgan fingerprint density at radius 2 is 2.35 bits per heavy atom. The van der Waals surface area contributed by atoms with Crippen LogP contribution in [-0.2, 0) is 4.74 Å². The summed E-state index contributed by atoms with van der Waals surface area (Å²) in [5.74, 6) is 0. The van der Waals surface area contributed by atoms with Crippen LogP contribution in [-0.4, -0.2) is 23.1 Å². The van der Waals surface area contributed by atoms with Gasteiger partial charge in [0.25, 0.3) is 5.69 Å². The van der Waals surface area contributed by atoms with Crippen molar-refractivity contribution < 1.29 is 14.5 Å². The third kappa shape index (κ3) is 2.31. The summed E-state index contributed by atoms with van der Waals surface area (Å²) in [5.41, 5.74) is 0.581. The molecule has 88 valence electrons. The highest BCUT2D eigenvalue weighted by atomic mass is 32.1. The van der Waals surface area contributed by atoms with Crippen LogP contribution in [0.1, 0.15) is 0 Å². The lowest BCUT2D eigenvalue weighted by molar-refractivity contribution is -0.384. The van der Waals surface area contributed by atoms with E-state index in [9.17, 15) is 14.9 Å². The van der Waals surface area contributed by atoms with E-state index >= 15 is 0 Å². The first kappa shape index (κ1) is 11.3. The molecule has 1 amide bonds. The summed E-state index contributed by atoms with van der Waals surface area (Å²) in [5, 5.41) is 13.3. The molecule has 0 spiro atoms. The van der Waals surface area contributed by atoms with E-state index in [4.69, 9.17) is 0 Å². The number of amides is 1. The van der Waals surface area contributed by atoms with Crippen molar-refractivity contribution >= 4 is 38.5 Å². The summed E-state index contributed by atoms with van der Waals surface area (Å²) in [7, 11) is 1.24. The second kappa shape index (κ2) is 4.34. The van der Waals surface area contributed by atoms with Gasteiger partial charge in [0, 0.05) is 12.1 Å². The minimum atomic E-state index is -0.626. The summed E-state index contributed by atoms with van der Waals surface area (Å²) in [6.07, 6.45) is -0.626. The fraction of sp³-hybridized carbons (Fsp3) is 0.111. The number of methoxy groups -OCH3 is 1. The SMILES string of the molecule is COC(=O)Nc1nc2ccc([N+](=O)[O-])cc2s1. The van der Waals surface area contributed by atoms with Crippen LogP contribution in [0.15, 0.2) is 18.2 Å². The smallest absolute Gasteiger partial charge is 0.413 e. The Morgan fingerprint density at radius 1 is 1.59 bits per heavy atom. The maximum Gasteiger partial charge on any atom is 0.413 e. The van der Waals surface area contributed by atoms with Crippen molar-refractivity contribution in [2.24, 2.45) is 0 Å². The molecular weight excluding hydrogens is 246 g/mol. The molecule has 1 aromatic heterocycles. The number of carbonyl (C=O) groups is 1. The van der Waals surface area contributed by atoms with Crippen molar-refractivity contribution in [3.63, 3.8) is 0 Å². The molecular formula is C9H7N3O4S. The van der Waals surface area contributed by atoms with Gasteiger partial charge < -0.3 is 4.74 Å². The number of benzene rings is 1. The topological polar surface area (TPSA) is 94.4 Å². The second-order valence-electron chi connectivity index (χ2n) is 3.04. The standard InChI is InChI=1S/C9H7N3O4S/c1-16-9(13)11-8-10-6-3-2-5(12(14)15)4-7(6)17-8/h2-4H,1H3,(H,10,11,13). The largest absolute Gasteiger partial charge is 0.453 e. The van der Waals surface area contributed by atoms with Crippen LogP contribution in [0.5, 0.6) is 0 Å². The van der Waals surface area contributed by atoms with E-state index < -0.39 is 11.0 Å². The van der Waals surface area contributed by atoms with Crippen molar-refractivity contribution in [2.75, 3.05) is 12.4 Å². The van der Waals surface area contributed by atoms with Gasteiger partial charge in [-0.3, -0.25) is 15.4 Å². The van der Waals surface area contributed by atoms with E-state index in [1.807, 2.05) is 0 Å². The maximum atomic E-state index is 11.0. The lowest BCUT2D eigenvalue weighted by Crippen LogP contribution is -2.10. The van der Waals surface area contributed by atoms with E-state index in [0.717, 1.165) is 11.3 Å². The number of rotatable bonds is 2. The number of carbonyl (C=O) groups excluding carboxylic acids is 1.